The van der Waals surface area contributed by atoms with E-state index in [1.54, 1.807) is 24.3 Å². The van der Waals surface area contributed by atoms with Gasteiger partial charge in [0.25, 0.3) is 11.8 Å². The minimum atomic E-state index is -3.12. The molecule has 1 aromatic carbocycles. The number of alkyl halides is 2. The van der Waals surface area contributed by atoms with E-state index in [1.807, 2.05) is 0 Å². The largest absolute Gasteiger partial charge is 0.497 e. The molecule has 1 aromatic rings. The summed E-state index contributed by atoms with van der Waals surface area (Å²) in [4.78, 5) is 11.9. The average molecular weight is 335 g/mol. The fourth-order valence-electron chi connectivity index (χ4n) is 1.81. The third-order valence-corrected chi connectivity index (χ3v) is 3.03. The van der Waals surface area contributed by atoms with Crippen molar-refractivity contribution in [3.8, 4) is 11.5 Å². The van der Waals surface area contributed by atoms with E-state index >= 15 is 0 Å². The molecule has 8 heteroatoms. The van der Waals surface area contributed by atoms with Gasteiger partial charge in [-0.2, -0.15) is 0 Å². The SMILES string of the molecule is COc1ccc2c(c1)C=C(C(=O)NCC(F)(F)CN)CO2.Cl. The Balaban J connectivity index is 0.00000242. The highest BCUT2D eigenvalue weighted by Gasteiger charge is 2.28. The molecule has 122 valence electrons. The lowest BCUT2D eigenvalue weighted by atomic mass is 10.1. The third-order valence-electron chi connectivity index (χ3n) is 3.03. The maximum Gasteiger partial charge on any atom is 0.277 e. The molecule has 5 nitrogen and oxygen atoms in total. The lowest BCUT2D eigenvalue weighted by molar-refractivity contribution is -0.119. The number of nitrogens with two attached hydrogens (primary N) is 1. The molecule has 0 aliphatic carbocycles. The van der Waals surface area contributed by atoms with Crippen molar-refractivity contribution in [1.82, 2.24) is 5.32 Å². The van der Waals surface area contributed by atoms with Gasteiger partial charge in [0, 0.05) is 5.56 Å². The van der Waals surface area contributed by atoms with Crippen LogP contribution in [0.4, 0.5) is 8.78 Å². The number of carbonyl (C=O) groups is 1. The van der Waals surface area contributed by atoms with E-state index in [9.17, 15) is 13.6 Å². The molecular weight excluding hydrogens is 318 g/mol. The number of hydrogen-bond acceptors (Lipinski definition) is 4. The zero-order chi connectivity index (χ0) is 15.5. The summed E-state index contributed by atoms with van der Waals surface area (Å²) in [6, 6.07) is 5.16. The van der Waals surface area contributed by atoms with E-state index in [2.05, 4.69) is 5.32 Å². The molecular formula is C14H17ClF2N2O3. The van der Waals surface area contributed by atoms with E-state index in [4.69, 9.17) is 15.2 Å². The van der Waals surface area contributed by atoms with Crippen molar-refractivity contribution in [1.29, 1.82) is 0 Å². The summed E-state index contributed by atoms with van der Waals surface area (Å²) in [7, 11) is 1.53. The van der Waals surface area contributed by atoms with Gasteiger partial charge < -0.3 is 20.5 Å². The first-order valence-corrected chi connectivity index (χ1v) is 6.33. The zero-order valence-electron chi connectivity index (χ0n) is 11.9. The summed E-state index contributed by atoms with van der Waals surface area (Å²) in [5, 5.41) is 2.15. The van der Waals surface area contributed by atoms with Gasteiger partial charge in [0.2, 0.25) is 0 Å². The molecule has 0 fully saturated rings. The molecule has 0 aromatic heterocycles. The summed E-state index contributed by atoms with van der Waals surface area (Å²) >= 11 is 0. The lowest BCUT2D eigenvalue weighted by Gasteiger charge is -2.19. The molecule has 3 N–H and O–H groups in total. The monoisotopic (exact) mass is 334 g/mol. The highest BCUT2D eigenvalue weighted by atomic mass is 35.5. The van der Waals surface area contributed by atoms with Crippen LogP contribution < -0.4 is 20.5 Å². The number of carbonyl (C=O) groups excluding carboxylic acids is 1. The van der Waals surface area contributed by atoms with Crippen molar-refractivity contribution in [3.63, 3.8) is 0 Å². The molecule has 22 heavy (non-hydrogen) atoms. The Morgan fingerprint density at radius 1 is 1.50 bits per heavy atom. The van der Waals surface area contributed by atoms with Crippen LogP contribution >= 0.6 is 12.4 Å². The second kappa shape index (κ2) is 7.42. The third kappa shape index (κ3) is 4.32. The molecule has 0 saturated carbocycles. The van der Waals surface area contributed by atoms with Crippen molar-refractivity contribution in [2.75, 3.05) is 26.8 Å². The van der Waals surface area contributed by atoms with Crippen LogP contribution in [0.3, 0.4) is 0 Å². The van der Waals surface area contributed by atoms with Crippen LogP contribution in [0.5, 0.6) is 11.5 Å². The van der Waals surface area contributed by atoms with E-state index < -0.39 is 24.9 Å². The first-order valence-electron chi connectivity index (χ1n) is 6.33. The molecule has 0 atom stereocenters. The fourth-order valence-corrected chi connectivity index (χ4v) is 1.81. The number of amides is 1. The fraction of sp³-hybridized carbons (Fsp3) is 0.357. The molecule has 0 radical (unpaired) electrons. The number of rotatable bonds is 5. The Labute approximate surface area is 132 Å². The van der Waals surface area contributed by atoms with E-state index in [1.165, 1.54) is 7.11 Å². The summed E-state index contributed by atoms with van der Waals surface area (Å²) in [6.07, 6.45) is 1.59. The van der Waals surface area contributed by atoms with Crippen molar-refractivity contribution >= 4 is 24.4 Å². The topological polar surface area (TPSA) is 73.6 Å². The Morgan fingerprint density at radius 3 is 2.86 bits per heavy atom. The van der Waals surface area contributed by atoms with Crippen LogP contribution in [0.25, 0.3) is 6.08 Å². The lowest BCUT2D eigenvalue weighted by Crippen LogP contribution is -2.42. The number of nitrogens with one attached hydrogen (secondary N) is 1. The predicted octanol–water partition coefficient (Wildman–Crippen LogP) is 1.60. The number of fused-ring (bicyclic) bond motifs is 1. The first kappa shape index (κ1) is 18.2. The quantitative estimate of drug-likeness (QED) is 0.858. The van der Waals surface area contributed by atoms with Gasteiger partial charge in [0.15, 0.2) is 0 Å². The van der Waals surface area contributed by atoms with Crippen LogP contribution in [0.15, 0.2) is 23.8 Å². The minimum Gasteiger partial charge on any atom is -0.497 e. The summed E-state index contributed by atoms with van der Waals surface area (Å²) in [6.45, 7) is -1.59. The second-order valence-electron chi connectivity index (χ2n) is 4.60. The highest BCUT2D eigenvalue weighted by molar-refractivity contribution is 5.99. The van der Waals surface area contributed by atoms with Crippen LogP contribution in [0.1, 0.15) is 5.56 Å². The van der Waals surface area contributed by atoms with Crippen LogP contribution in [-0.2, 0) is 4.79 Å². The van der Waals surface area contributed by atoms with Crippen LogP contribution in [-0.4, -0.2) is 38.6 Å². The molecule has 1 heterocycles. The van der Waals surface area contributed by atoms with Gasteiger partial charge in [-0.1, -0.05) is 0 Å². The van der Waals surface area contributed by atoms with Gasteiger partial charge in [-0.25, -0.2) is 8.78 Å². The maximum atomic E-state index is 13.0. The van der Waals surface area contributed by atoms with Crippen LogP contribution in [0.2, 0.25) is 0 Å². The first-order chi connectivity index (χ1) is 9.95. The van der Waals surface area contributed by atoms with Gasteiger partial charge >= 0.3 is 0 Å². The molecule has 1 aliphatic heterocycles. The van der Waals surface area contributed by atoms with Gasteiger partial charge in [0.05, 0.1) is 25.8 Å². The standard InChI is InChI=1S/C14H16F2N2O3.ClH/c1-20-11-2-3-12-9(5-11)4-10(6-21-12)13(19)18-8-14(15,16)7-17;/h2-5H,6-8,17H2,1H3,(H,18,19);1H. The van der Waals surface area contributed by atoms with Crippen molar-refractivity contribution in [2.24, 2.45) is 5.73 Å². The number of hydrogen-bond donors (Lipinski definition) is 2. The van der Waals surface area contributed by atoms with Gasteiger partial charge in [-0.05, 0) is 24.3 Å². The van der Waals surface area contributed by atoms with Gasteiger partial charge in [0.1, 0.15) is 18.1 Å². The smallest absolute Gasteiger partial charge is 0.277 e. The highest BCUT2D eigenvalue weighted by Crippen LogP contribution is 2.29. The van der Waals surface area contributed by atoms with E-state index in [-0.39, 0.29) is 24.6 Å². The molecule has 0 spiro atoms. The molecule has 1 aliphatic rings. The Morgan fingerprint density at radius 2 is 2.23 bits per heavy atom. The molecule has 0 saturated heterocycles. The van der Waals surface area contributed by atoms with Gasteiger partial charge in [-0.15, -0.1) is 12.4 Å². The number of ether oxygens (including phenoxy) is 2. The number of halogens is 3. The average Bonchev–Trinajstić information content (AvgIpc) is 2.51. The van der Waals surface area contributed by atoms with Gasteiger partial charge in [-0.3, -0.25) is 4.79 Å². The summed E-state index contributed by atoms with van der Waals surface area (Å²) in [5.41, 5.74) is 5.84. The molecule has 0 unspecified atom stereocenters. The Bertz CT molecular complexity index is 579. The predicted molar refractivity (Wildman–Crippen MR) is 80.7 cm³/mol. The molecule has 2 rings (SSSR count). The zero-order valence-corrected chi connectivity index (χ0v) is 12.7. The van der Waals surface area contributed by atoms with Crippen molar-refractivity contribution in [3.05, 3.63) is 29.3 Å². The minimum absolute atomic E-state index is 0. The number of methoxy groups -OCH3 is 1. The van der Waals surface area contributed by atoms with Crippen molar-refractivity contribution in [2.45, 2.75) is 5.92 Å². The normalized spacial score (nSPS) is 13.2. The van der Waals surface area contributed by atoms with Crippen LogP contribution in [0, 0.1) is 0 Å². The van der Waals surface area contributed by atoms with E-state index in [0.29, 0.717) is 17.1 Å². The summed E-state index contributed by atoms with van der Waals surface area (Å²) in [5.74, 6) is -2.49. The second-order valence-corrected chi connectivity index (χ2v) is 4.60. The Hall–Kier alpha value is -1.86. The molecule has 1 amide bonds. The Kier molecular flexibility index (Phi) is 6.13. The maximum absolute atomic E-state index is 13.0. The summed E-state index contributed by atoms with van der Waals surface area (Å²) < 4.78 is 36.5. The van der Waals surface area contributed by atoms with E-state index in [0.717, 1.165) is 0 Å². The van der Waals surface area contributed by atoms with Crippen molar-refractivity contribution < 1.29 is 23.0 Å². The molecule has 0 bridgehead atoms. The number of benzene rings is 1.